The Balaban J connectivity index is 1.96. The molecule has 0 bridgehead atoms. The van der Waals surface area contributed by atoms with Gasteiger partial charge in [0, 0.05) is 31.0 Å². The van der Waals surface area contributed by atoms with Crippen LogP contribution in [0.1, 0.15) is 55.0 Å². The predicted molar refractivity (Wildman–Crippen MR) is 86.0 cm³/mol. The van der Waals surface area contributed by atoms with Crippen LogP contribution in [0.2, 0.25) is 0 Å². The lowest BCUT2D eigenvalue weighted by Gasteiger charge is -2.33. The van der Waals surface area contributed by atoms with Crippen LogP contribution in [0.5, 0.6) is 0 Å². The number of pyridine rings is 1. The maximum absolute atomic E-state index is 12.1. The van der Waals surface area contributed by atoms with Crippen LogP contribution in [0, 0.1) is 11.3 Å². The third kappa shape index (κ3) is 3.46. The Kier molecular flexibility index (Phi) is 4.51. The van der Waals surface area contributed by atoms with Crippen LogP contribution in [0.25, 0.3) is 0 Å². The molecular formula is C17H23FN4O. The van der Waals surface area contributed by atoms with Crippen molar-refractivity contribution in [1.82, 2.24) is 10.3 Å². The van der Waals surface area contributed by atoms with Crippen molar-refractivity contribution in [3.8, 4) is 6.07 Å². The van der Waals surface area contributed by atoms with Crippen LogP contribution in [0.4, 0.5) is 10.2 Å². The number of aromatic nitrogens is 1. The number of nitrogens with one attached hydrogen (secondary N) is 2. The maximum atomic E-state index is 12.1. The minimum atomic E-state index is -0.552. The summed E-state index contributed by atoms with van der Waals surface area (Å²) in [6.45, 7) is 5.10. The van der Waals surface area contributed by atoms with Gasteiger partial charge in [-0.15, -0.1) is 0 Å². The quantitative estimate of drug-likeness (QED) is 0.623. The molecule has 1 fully saturated rings. The highest BCUT2D eigenvalue weighted by atomic mass is 19.1. The summed E-state index contributed by atoms with van der Waals surface area (Å²) < 4.78 is 18.1. The standard InChI is InChI=1S/C17H23FN4O/c1-17(2)7-12-13(8-19)16(21-6-5-20-10-18)22-15(11-3-4-11)14(12)9-23-17/h11,20H,3-7,9-10H2,1-2H3,(H,21,22). The Morgan fingerprint density at radius 1 is 1.35 bits per heavy atom. The monoisotopic (exact) mass is 318 g/mol. The highest BCUT2D eigenvalue weighted by Gasteiger charge is 2.36. The molecule has 2 heterocycles. The predicted octanol–water partition coefficient (Wildman–Crippen LogP) is 2.61. The maximum Gasteiger partial charge on any atom is 0.144 e. The lowest BCUT2D eigenvalue weighted by Crippen LogP contribution is -2.33. The van der Waals surface area contributed by atoms with Crippen molar-refractivity contribution in [1.29, 1.82) is 5.26 Å². The fourth-order valence-electron chi connectivity index (χ4n) is 3.07. The van der Waals surface area contributed by atoms with Gasteiger partial charge in [0.2, 0.25) is 0 Å². The van der Waals surface area contributed by atoms with E-state index in [0.29, 0.717) is 43.4 Å². The first kappa shape index (κ1) is 16.2. The zero-order chi connectivity index (χ0) is 16.4. The van der Waals surface area contributed by atoms with E-state index in [9.17, 15) is 9.65 Å². The third-order valence-corrected chi connectivity index (χ3v) is 4.42. The van der Waals surface area contributed by atoms with Gasteiger partial charge >= 0.3 is 0 Å². The SMILES string of the molecule is CC1(C)Cc2c(C#N)c(NCCNCF)nc(C3CC3)c2CO1. The normalized spacial score (nSPS) is 19.0. The van der Waals surface area contributed by atoms with E-state index in [1.807, 2.05) is 13.8 Å². The molecule has 5 nitrogen and oxygen atoms in total. The van der Waals surface area contributed by atoms with E-state index in [2.05, 4.69) is 16.7 Å². The topological polar surface area (TPSA) is 70.0 Å². The smallest absolute Gasteiger partial charge is 0.144 e. The number of hydrogen-bond donors (Lipinski definition) is 2. The van der Waals surface area contributed by atoms with Gasteiger partial charge in [-0.25, -0.2) is 9.37 Å². The van der Waals surface area contributed by atoms with Gasteiger partial charge in [0.1, 0.15) is 18.7 Å². The lowest BCUT2D eigenvalue weighted by atomic mass is 9.87. The Morgan fingerprint density at radius 3 is 2.78 bits per heavy atom. The molecule has 2 N–H and O–H groups in total. The van der Waals surface area contributed by atoms with Gasteiger partial charge < -0.3 is 10.1 Å². The van der Waals surface area contributed by atoms with Gasteiger partial charge in [0.25, 0.3) is 0 Å². The molecule has 1 aliphatic carbocycles. The first-order valence-electron chi connectivity index (χ1n) is 8.16. The van der Waals surface area contributed by atoms with Crippen molar-refractivity contribution >= 4 is 5.82 Å². The highest BCUT2D eigenvalue weighted by Crippen LogP contribution is 2.45. The van der Waals surface area contributed by atoms with E-state index in [1.165, 1.54) is 0 Å². The Hall–Kier alpha value is -1.71. The first-order chi connectivity index (χ1) is 11.1. The van der Waals surface area contributed by atoms with Gasteiger partial charge in [0.15, 0.2) is 0 Å². The van der Waals surface area contributed by atoms with Crippen molar-refractivity contribution in [2.45, 2.75) is 51.2 Å². The van der Waals surface area contributed by atoms with Gasteiger partial charge in [-0.05, 0) is 32.3 Å². The number of alkyl halides is 1. The molecule has 0 aromatic carbocycles. The minimum Gasteiger partial charge on any atom is -0.370 e. The summed E-state index contributed by atoms with van der Waals surface area (Å²) in [6.07, 6.45) is 3.01. The Labute approximate surface area is 136 Å². The van der Waals surface area contributed by atoms with Gasteiger partial charge in [0.05, 0.1) is 23.5 Å². The Bertz CT molecular complexity index is 634. The van der Waals surface area contributed by atoms with Crippen LogP contribution in [-0.2, 0) is 17.8 Å². The van der Waals surface area contributed by atoms with Crippen LogP contribution in [0.3, 0.4) is 0 Å². The second kappa shape index (κ2) is 6.42. The van der Waals surface area contributed by atoms with Crippen molar-refractivity contribution in [2.75, 3.05) is 25.2 Å². The molecule has 1 aliphatic heterocycles. The molecule has 0 saturated heterocycles. The molecular weight excluding hydrogens is 295 g/mol. The van der Waals surface area contributed by atoms with E-state index in [0.717, 1.165) is 29.7 Å². The van der Waals surface area contributed by atoms with Gasteiger partial charge in [-0.2, -0.15) is 5.26 Å². The summed E-state index contributed by atoms with van der Waals surface area (Å²) in [5.41, 5.74) is 3.60. The molecule has 0 amide bonds. The highest BCUT2D eigenvalue weighted by molar-refractivity contribution is 5.61. The second-order valence-electron chi connectivity index (χ2n) is 6.85. The number of nitrogens with zero attached hydrogens (tertiary/aromatic N) is 2. The molecule has 1 aromatic heterocycles. The van der Waals surface area contributed by atoms with Crippen LogP contribution < -0.4 is 10.6 Å². The molecule has 1 saturated carbocycles. The van der Waals surface area contributed by atoms with Crippen molar-refractivity contribution in [2.24, 2.45) is 0 Å². The fraction of sp³-hybridized carbons (Fsp3) is 0.647. The zero-order valence-electron chi connectivity index (χ0n) is 13.7. The average molecular weight is 318 g/mol. The second-order valence-corrected chi connectivity index (χ2v) is 6.85. The van der Waals surface area contributed by atoms with Gasteiger partial charge in [-0.3, -0.25) is 5.32 Å². The van der Waals surface area contributed by atoms with E-state index in [-0.39, 0.29) is 5.60 Å². The molecule has 0 atom stereocenters. The van der Waals surface area contributed by atoms with Crippen LogP contribution >= 0.6 is 0 Å². The minimum absolute atomic E-state index is 0.270. The number of anilines is 1. The number of nitriles is 1. The molecule has 0 radical (unpaired) electrons. The van der Waals surface area contributed by atoms with Crippen molar-refractivity contribution < 1.29 is 9.13 Å². The molecule has 0 spiro atoms. The third-order valence-electron chi connectivity index (χ3n) is 4.42. The molecule has 23 heavy (non-hydrogen) atoms. The largest absolute Gasteiger partial charge is 0.370 e. The summed E-state index contributed by atoms with van der Waals surface area (Å²) in [4.78, 5) is 4.73. The van der Waals surface area contributed by atoms with E-state index < -0.39 is 6.80 Å². The molecule has 2 aliphatic rings. The van der Waals surface area contributed by atoms with E-state index in [1.54, 1.807) is 0 Å². The van der Waals surface area contributed by atoms with Crippen LogP contribution in [0.15, 0.2) is 0 Å². The summed E-state index contributed by atoms with van der Waals surface area (Å²) >= 11 is 0. The molecule has 3 rings (SSSR count). The molecule has 124 valence electrons. The number of rotatable bonds is 6. The van der Waals surface area contributed by atoms with Crippen molar-refractivity contribution in [3.05, 3.63) is 22.4 Å². The number of hydrogen-bond acceptors (Lipinski definition) is 5. The molecule has 0 unspecified atom stereocenters. The first-order valence-corrected chi connectivity index (χ1v) is 8.16. The fourth-order valence-corrected chi connectivity index (χ4v) is 3.07. The van der Waals surface area contributed by atoms with Crippen LogP contribution in [-0.4, -0.2) is 30.5 Å². The average Bonchev–Trinajstić information content (AvgIpc) is 3.34. The molecule has 6 heteroatoms. The molecule has 1 aromatic rings. The summed E-state index contributed by atoms with van der Waals surface area (Å²) in [7, 11) is 0. The van der Waals surface area contributed by atoms with Gasteiger partial charge in [-0.1, -0.05) is 0 Å². The summed E-state index contributed by atoms with van der Waals surface area (Å²) in [5, 5.41) is 15.5. The van der Waals surface area contributed by atoms with Crippen molar-refractivity contribution in [3.63, 3.8) is 0 Å². The number of halogens is 1. The Morgan fingerprint density at radius 2 is 2.13 bits per heavy atom. The van der Waals surface area contributed by atoms with E-state index >= 15 is 0 Å². The summed E-state index contributed by atoms with van der Waals surface area (Å²) in [5.74, 6) is 1.12. The van der Waals surface area contributed by atoms with E-state index in [4.69, 9.17) is 9.72 Å². The summed E-state index contributed by atoms with van der Waals surface area (Å²) in [6, 6.07) is 2.31. The zero-order valence-corrected chi connectivity index (χ0v) is 13.7. The number of ether oxygens (including phenoxy) is 1. The lowest BCUT2D eigenvalue weighted by molar-refractivity contribution is -0.0407. The number of fused-ring (bicyclic) bond motifs is 1.